The summed E-state index contributed by atoms with van der Waals surface area (Å²) in [5.74, 6) is 0.244. The van der Waals surface area contributed by atoms with E-state index in [1.807, 2.05) is 30.3 Å². The van der Waals surface area contributed by atoms with Crippen molar-refractivity contribution in [2.75, 3.05) is 24.6 Å². The fraction of sp³-hybridized carbons (Fsp3) is 0.455. The number of hydrogen-bond donors (Lipinski definition) is 3. The molecule has 0 aliphatic carbocycles. The number of urea groups is 1. The predicted octanol–water partition coefficient (Wildman–Crippen LogP) is 2.57. The van der Waals surface area contributed by atoms with Gasteiger partial charge in [0.1, 0.15) is 24.6 Å². The minimum atomic E-state index is -3.74. The van der Waals surface area contributed by atoms with E-state index in [-0.39, 0.29) is 18.6 Å². The normalized spacial score (nSPS) is 27.0. The molecule has 5 rings (SSSR count). The molecule has 0 saturated carbocycles. The van der Waals surface area contributed by atoms with Crippen LogP contribution in [0.2, 0.25) is 0 Å². The van der Waals surface area contributed by atoms with E-state index in [1.165, 1.54) is 12.7 Å². The Balaban J connectivity index is 1.45. The van der Waals surface area contributed by atoms with Crippen molar-refractivity contribution in [1.82, 2.24) is 24.8 Å². The molecule has 1 aromatic carbocycles. The van der Waals surface area contributed by atoms with Crippen molar-refractivity contribution < 1.29 is 33.0 Å². The van der Waals surface area contributed by atoms with Crippen LogP contribution < -0.4 is 10.6 Å². The molecule has 2 aromatic heterocycles. The van der Waals surface area contributed by atoms with Gasteiger partial charge in [-0.3, -0.25) is 14.4 Å². The lowest BCUT2D eigenvalue weighted by Gasteiger charge is -2.22. The van der Waals surface area contributed by atoms with Crippen LogP contribution in [0.25, 0.3) is 11.2 Å². The number of carbonyl (C=O) groups is 1. The maximum Gasteiger partial charge on any atom is 0.327 e. The smallest absolute Gasteiger partial charge is 0.327 e. The Morgan fingerprint density at radius 3 is 2.67 bits per heavy atom. The lowest BCUT2D eigenvalue weighted by Crippen LogP contribution is -2.31. The molecule has 13 nitrogen and oxygen atoms in total. The van der Waals surface area contributed by atoms with E-state index in [9.17, 15) is 14.3 Å². The monoisotopic (exact) mass is 518 g/mol. The second-order valence-electron chi connectivity index (χ2n) is 8.29. The fourth-order valence-corrected chi connectivity index (χ4v) is 4.75. The lowest BCUT2D eigenvalue weighted by molar-refractivity contribution is -0.152. The molecule has 2 fully saturated rings. The number of nitrogens with zero attached hydrogens (tertiary/aromatic N) is 4. The van der Waals surface area contributed by atoms with Crippen LogP contribution in [-0.2, 0) is 23.3 Å². The van der Waals surface area contributed by atoms with Crippen LogP contribution in [0.1, 0.15) is 31.9 Å². The van der Waals surface area contributed by atoms with E-state index in [4.69, 9.17) is 18.7 Å². The molecule has 0 bridgehead atoms. The zero-order chi connectivity index (χ0) is 25.3. The van der Waals surface area contributed by atoms with Crippen molar-refractivity contribution in [3.05, 3.63) is 48.5 Å². The Morgan fingerprint density at radius 2 is 1.92 bits per heavy atom. The summed E-state index contributed by atoms with van der Waals surface area (Å²) in [5.41, 5.74) is 1.61. The van der Waals surface area contributed by atoms with Crippen molar-refractivity contribution in [2.24, 2.45) is 0 Å². The number of aromatic nitrogens is 4. The Kier molecular flexibility index (Phi) is 7.02. The van der Waals surface area contributed by atoms with E-state index >= 15 is 0 Å². The standard InChI is InChI=1S/C22H27N6O7P/c1-3-23-22(29)27-18-15-19(25-11-24-18)28(12-26-15)20-17-16(14(33-20)10-32-36(30,31)4-2)34-21(35-17)13-8-6-5-7-9-13/h5-9,11-12,14,16-17,20-21H,3-4,10H2,1-2H3,(H,30,31)(H2,23,24,25,27,29)/t14-,16?,17+,20-,21-/m1/s1. The van der Waals surface area contributed by atoms with Gasteiger partial charge in [0, 0.05) is 18.3 Å². The molecule has 2 unspecified atom stereocenters. The van der Waals surface area contributed by atoms with E-state index < -0.39 is 44.5 Å². The number of nitrogens with one attached hydrogen (secondary N) is 2. The van der Waals surface area contributed by atoms with Gasteiger partial charge in [-0.1, -0.05) is 37.3 Å². The van der Waals surface area contributed by atoms with Crippen LogP contribution in [0.3, 0.4) is 0 Å². The SMILES string of the molecule is CCNC(=O)Nc1ncnc2c1ncn2[C@@H]1O[C@H](COP(=O)(O)CC)C2O[C@@H](c3ccccc3)O[C@@H]21. The van der Waals surface area contributed by atoms with E-state index in [1.54, 1.807) is 18.4 Å². The van der Waals surface area contributed by atoms with Crippen LogP contribution >= 0.6 is 7.60 Å². The average Bonchev–Trinajstić information content (AvgIpc) is 3.58. The zero-order valence-electron chi connectivity index (χ0n) is 19.7. The first kappa shape index (κ1) is 24.8. The Bertz CT molecular complexity index is 1270. The Hall–Kier alpha value is -2.93. The Morgan fingerprint density at radius 1 is 1.14 bits per heavy atom. The molecule has 0 radical (unpaired) electrons. The molecule has 36 heavy (non-hydrogen) atoms. The van der Waals surface area contributed by atoms with Gasteiger partial charge in [-0.05, 0) is 6.92 Å². The average molecular weight is 518 g/mol. The molecule has 192 valence electrons. The summed E-state index contributed by atoms with van der Waals surface area (Å²) in [6.45, 7) is 3.68. The van der Waals surface area contributed by atoms with Crippen molar-refractivity contribution in [2.45, 2.75) is 44.7 Å². The first-order chi connectivity index (χ1) is 17.4. The molecular weight excluding hydrogens is 491 g/mol. The largest absolute Gasteiger partial charge is 0.347 e. The maximum atomic E-state index is 12.1. The third kappa shape index (κ3) is 4.85. The molecule has 2 aliphatic rings. The topological polar surface area (TPSA) is 159 Å². The summed E-state index contributed by atoms with van der Waals surface area (Å²) in [6, 6.07) is 9.05. The summed E-state index contributed by atoms with van der Waals surface area (Å²) >= 11 is 0. The van der Waals surface area contributed by atoms with Gasteiger partial charge in [0.25, 0.3) is 0 Å². The summed E-state index contributed by atoms with van der Waals surface area (Å²) in [7, 11) is -3.74. The minimum Gasteiger partial charge on any atom is -0.347 e. The van der Waals surface area contributed by atoms with Gasteiger partial charge in [-0.2, -0.15) is 0 Å². The van der Waals surface area contributed by atoms with Crippen LogP contribution in [0.5, 0.6) is 0 Å². The predicted molar refractivity (Wildman–Crippen MR) is 127 cm³/mol. The summed E-state index contributed by atoms with van der Waals surface area (Å²) in [5, 5.41) is 5.31. The second-order valence-corrected chi connectivity index (χ2v) is 10.5. The van der Waals surface area contributed by atoms with E-state index in [0.717, 1.165) is 5.56 Å². The van der Waals surface area contributed by atoms with Gasteiger partial charge >= 0.3 is 13.6 Å². The van der Waals surface area contributed by atoms with Crippen LogP contribution in [-0.4, -0.2) is 68.1 Å². The number of imidazole rings is 1. The van der Waals surface area contributed by atoms with Crippen LogP contribution in [0, 0.1) is 0 Å². The van der Waals surface area contributed by atoms with Crippen LogP contribution in [0.15, 0.2) is 43.0 Å². The fourth-order valence-electron chi connectivity index (χ4n) is 4.18. The van der Waals surface area contributed by atoms with Gasteiger partial charge in [0.15, 0.2) is 29.5 Å². The van der Waals surface area contributed by atoms with Crippen LogP contribution in [0.4, 0.5) is 10.6 Å². The number of amides is 2. The highest BCUT2D eigenvalue weighted by Crippen LogP contribution is 2.47. The third-order valence-electron chi connectivity index (χ3n) is 5.96. The molecule has 4 heterocycles. The van der Waals surface area contributed by atoms with Gasteiger partial charge in [0.2, 0.25) is 0 Å². The lowest BCUT2D eigenvalue weighted by atomic mass is 10.1. The molecule has 2 aliphatic heterocycles. The molecular formula is C22H27N6O7P. The molecule has 6 atom stereocenters. The molecule has 0 spiro atoms. The van der Waals surface area contributed by atoms with Gasteiger partial charge in [-0.25, -0.2) is 19.7 Å². The van der Waals surface area contributed by atoms with Gasteiger partial charge in [0.05, 0.1) is 12.9 Å². The molecule has 2 amide bonds. The number of fused-ring (bicyclic) bond motifs is 2. The number of carbonyl (C=O) groups excluding carboxylic acids is 1. The Labute approximate surface area is 206 Å². The summed E-state index contributed by atoms with van der Waals surface area (Å²) in [4.78, 5) is 34.8. The van der Waals surface area contributed by atoms with Gasteiger partial charge in [-0.15, -0.1) is 0 Å². The van der Waals surface area contributed by atoms with E-state index in [0.29, 0.717) is 17.7 Å². The summed E-state index contributed by atoms with van der Waals surface area (Å²) in [6.07, 6.45) is -0.415. The molecule has 2 saturated heterocycles. The van der Waals surface area contributed by atoms with Crippen molar-refractivity contribution in [3.63, 3.8) is 0 Å². The first-order valence-corrected chi connectivity index (χ1v) is 13.4. The van der Waals surface area contributed by atoms with E-state index in [2.05, 4.69) is 25.6 Å². The first-order valence-electron chi connectivity index (χ1n) is 11.6. The number of rotatable bonds is 8. The highest BCUT2D eigenvalue weighted by atomic mass is 31.2. The summed E-state index contributed by atoms with van der Waals surface area (Å²) < 4.78 is 37.8. The van der Waals surface area contributed by atoms with Crippen molar-refractivity contribution >= 4 is 30.6 Å². The van der Waals surface area contributed by atoms with Crippen molar-refractivity contribution in [1.29, 1.82) is 0 Å². The molecule has 14 heteroatoms. The maximum absolute atomic E-state index is 12.1. The zero-order valence-corrected chi connectivity index (χ0v) is 20.6. The van der Waals surface area contributed by atoms with Crippen molar-refractivity contribution in [3.8, 4) is 0 Å². The van der Waals surface area contributed by atoms with Gasteiger partial charge < -0.3 is 28.9 Å². The number of benzene rings is 1. The third-order valence-corrected chi connectivity index (χ3v) is 7.31. The highest BCUT2D eigenvalue weighted by molar-refractivity contribution is 7.52. The number of hydrogen-bond acceptors (Lipinski definition) is 9. The second kappa shape index (κ2) is 10.2. The number of anilines is 1. The molecule has 3 N–H and O–H groups in total. The minimum absolute atomic E-state index is 0.0221. The highest BCUT2D eigenvalue weighted by Gasteiger charge is 2.54. The molecule has 3 aromatic rings. The quantitative estimate of drug-likeness (QED) is 0.378. The number of ether oxygens (including phenoxy) is 3.